The maximum Gasteiger partial charge on any atom is 0.256 e. The molecule has 0 radical (unpaired) electrons. The first-order chi connectivity index (χ1) is 11.0. The van der Waals surface area contributed by atoms with Crippen LogP contribution in [-0.4, -0.2) is 29.9 Å². The van der Waals surface area contributed by atoms with Crippen LogP contribution >= 0.6 is 11.6 Å². The molecule has 1 aliphatic rings. The normalized spacial score (nSPS) is 18.0. The van der Waals surface area contributed by atoms with Gasteiger partial charge in [-0.25, -0.2) is 4.39 Å². The fourth-order valence-corrected chi connectivity index (χ4v) is 3.00. The Labute approximate surface area is 139 Å². The second-order valence-electron chi connectivity index (χ2n) is 5.85. The van der Waals surface area contributed by atoms with Crippen LogP contribution in [0.15, 0.2) is 42.5 Å². The molecule has 1 amide bonds. The number of benzene rings is 2. The van der Waals surface area contributed by atoms with Crippen molar-refractivity contribution in [3.05, 3.63) is 58.9 Å². The maximum absolute atomic E-state index is 14.4. The van der Waals surface area contributed by atoms with Crippen molar-refractivity contribution in [1.29, 1.82) is 0 Å². The molecule has 23 heavy (non-hydrogen) atoms. The van der Waals surface area contributed by atoms with E-state index in [0.29, 0.717) is 23.7 Å². The number of amides is 1. The number of halogens is 2. The maximum atomic E-state index is 14.4. The monoisotopic (exact) mass is 332 g/mol. The molecule has 3 nitrogen and oxygen atoms in total. The second-order valence-corrected chi connectivity index (χ2v) is 6.29. The summed E-state index contributed by atoms with van der Waals surface area (Å²) in [6, 6.07) is 11.8. The molecule has 2 N–H and O–H groups in total. The van der Waals surface area contributed by atoms with Gasteiger partial charge in [-0.05, 0) is 48.2 Å². The van der Waals surface area contributed by atoms with Crippen LogP contribution in [0.4, 0.5) is 4.39 Å². The molecule has 0 saturated carbocycles. The Balaban J connectivity index is 1.84. The highest BCUT2D eigenvalue weighted by Gasteiger charge is 2.24. The number of nitrogens with zero attached hydrogens (tertiary/aromatic N) is 1. The van der Waals surface area contributed by atoms with E-state index in [9.17, 15) is 9.18 Å². The predicted molar refractivity (Wildman–Crippen MR) is 90.0 cm³/mol. The molecule has 2 aromatic rings. The summed E-state index contributed by atoms with van der Waals surface area (Å²) >= 11 is 5.86. The third-order valence-corrected chi connectivity index (χ3v) is 4.37. The van der Waals surface area contributed by atoms with Gasteiger partial charge in [0.15, 0.2) is 0 Å². The largest absolute Gasteiger partial charge is 0.337 e. The third kappa shape index (κ3) is 3.54. The van der Waals surface area contributed by atoms with E-state index in [0.717, 1.165) is 18.4 Å². The van der Waals surface area contributed by atoms with E-state index in [1.807, 2.05) is 12.1 Å². The highest BCUT2D eigenvalue weighted by atomic mass is 35.5. The number of carbonyl (C=O) groups excluding carboxylic acids is 1. The molecule has 0 aromatic heterocycles. The van der Waals surface area contributed by atoms with E-state index in [4.69, 9.17) is 17.3 Å². The minimum atomic E-state index is -0.512. The molecule has 0 aliphatic carbocycles. The lowest BCUT2D eigenvalue weighted by molar-refractivity contribution is 0.0704. The standard InChI is InChI=1S/C18H18ClFN2O/c19-14-6-3-12(4-7-14)13-5-8-16(17(20)10-13)18(23)22-9-1-2-15(21)11-22/h3-8,10,15H,1-2,9,11,21H2. The predicted octanol–water partition coefficient (Wildman–Crippen LogP) is 3.71. The number of hydrogen-bond acceptors (Lipinski definition) is 2. The fourth-order valence-electron chi connectivity index (χ4n) is 2.88. The van der Waals surface area contributed by atoms with Crippen LogP contribution in [0.1, 0.15) is 23.2 Å². The summed E-state index contributed by atoms with van der Waals surface area (Å²) in [6.45, 7) is 1.11. The van der Waals surface area contributed by atoms with E-state index < -0.39 is 5.82 Å². The highest BCUT2D eigenvalue weighted by molar-refractivity contribution is 6.30. The molecule has 1 heterocycles. The summed E-state index contributed by atoms with van der Waals surface area (Å²) in [6.07, 6.45) is 1.76. The van der Waals surface area contributed by atoms with Crippen molar-refractivity contribution >= 4 is 17.5 Å². The van der Waals surface area contributed by atoms with Gasteiger partial charge in [0.2, 0.25) is 0 Å². The second kappa shape index (κ2) is 6.69. The fraction of sp³-hybridized carbons (Fsp3) is 0.278. The summed E-state index contributed by atoms with van der Waals surface area (Å²) < 4.78 is 14.4. The Morgan fingerprint density at radius 1 is 1.17 bits per heavy atom. The molecule has 1 atom stereocenters. The number of likely N-dealkylation sites (tertiary alicyclic amines) is 1. The molecule has 120 valence electrons. The van der Waals surface area contributed by atoms with Crippen molar-refractivity contribution in [3.63, 3.8) is 0 Å². The number of hydrogen-bond donors (Lipinski definition) is 1. The molecule has 1 unspecified atom stereocenters. The summed E-state index contributed by atoms with van der Waals surface area (Å²) in [5.41, 5.74) is 7.56. The first-order valence-electron chi connectivity index (χ1n) is 7.65. The average molecular weight is 333 g/mol. The number of nitrogens with two attached hydrogens (primary N) is 1. The van der Waals surface area contributed by atoms with Gasteiger partial charge in [-0.2, -0.15) is 0 Å². The molecular weight excluding hydrogens is 315 g/mol. The summed E-state index contributed by atoms with van der Waals surface area (Å²) in [5.74, 6) is -0.804. The van der Waals surface area contributed by atoms with Crippen molar-refractivity contribution in [2.45, 2.75) is 18.9 Å². The van der Waals surface area contributed by atoms with Gasteiger partial charge >= 0.3 is 0 Å². The summed E-state index contributed by atoms with van der Waals surface area (Å²) in [5, 5.41) is 0.627. The first-order valence-corrected chi connectivity index (χ1v) is 8.03. The van der Waals surface area contributed by atoms with Gasteiger partial charge in [0.25, 0.3) is 5.91 Å². The van der Waals surface area contributed by atoms with Gasteiger partial charge in [-0.1, -0.05) is 29.8 Å². The Bertz CT molecular complexity index is 717. The number of carbonyl (C=O) groups is 1. The topological polar surface area (TPSA) is 46.3 Å². The van der Waals surface area contributed by atoms with Gasteiger partial charge in [0.1, 0.15) is 5.82 Å². The zero-order valence-corrected chi connectivity index (χ0v) is 13.4. The summed E-state index contributed by atoms with van der Waals surface area (Å²) in [4.78, 5) is 14.1. The molecule has 1 aliphatic heterocycles. The SMILES string of the molecule is NC1CCCN(C(=O)c2ccc(-c3ccc(Cl)cc3)cc2F)C1. The quantitative estimate of drug-likeness (QED) is 0.911. The van der Waals surface area contributed by atoms with Gasteiger partial charge in [0, 0.05) is 24.2 Å². The van der Waals surface area contributed by atoms with E-state index in [-0.39, 0.29) is 17.5 Å². The van der Waals surface area contributed by atoms with Crippen molar-refractivity contribution < 1.29 is 9.18 Å². The van der Waals surface area contributed by atoms with Crippen LogP contribution in [0.25, 0.3) is 11.1 Å². The van der Waals surface area contributed by atoms with Crippen LogP contribution < -0.4 is 5.73 Å². The molecule has 1 fully saturated rings. The number of rotatable bonds is 2. The Kier molecular flexibility index (Phi) is 4.64. The lowest BCUT2D eigenvalue weighted by Gasteiger charge is -2.30. The van der Waals surface area contributed by atoms with Crippen molar-refractivity contribution in [1.82, 2.24) is 4.90 Å². The minimum Gasteiger partial charge on any atom is -0.337 e. The van der Waals surface area contributed by atoms with Crippen molar-refractivity contribution in [3.8, 4) is 11.1 Å². The van der Waals surface area contributed by atoms with Gasteiger partial charge < -0.3 is 10.6 Å². The summed E-state index contributed by atoms with van der Waals surface area (Å²) in [7, 11) is 0. The van der Waals surface area contributed by atoms with Crippen LogP contribution in [-0.2, 0) is 0 Å². The van der Waals surface area contributed by atoms with E-state index in [1.54, 1.807) is 29.2 Å². The Morgan fingerprint density at radius 2 is 1.87 bits per heavy atom. The lowest BCUT2D eigenvalue weighted by Crippen LogP contribution is -2.45. The zero-order valence-electron chi connectivity index (χ0n) is 12.6. The molecule has 5 heteroatoms. The van der Waals surface area contributed by atoms with Crippen molar-refractivity contribution in [2.75, 3.05) is 13.1 Å². The first kappa shape index (κ1) is 16.0. The minimum absolute atomic E-state index is 0.0240. The van der Waals surface area contributed by atoms with Gasteiger partial charge in [-0.15, -0.1) is 0 Å². The zero-order chi connectivity index (χ0) is 16.4. The average Bonchev–Trinajstić information content (AvgIpc) is 2.55. The van der Waals surface area contributed by atoms with Crippen LogP contribution in [0.3, 0.4) is 0 Å². The van der Waals surface area contributed by atoms with Crippen LogP contribution in [0, 0.1) is 5.82 Å². The van der Waals surface area contributed by atoms with E-state index in [1.165, 1.54) is 6.07 Å². The van der Waals surface area contributed by atoms with Gasteiger partial charge in [0.05, 0.1) is 5.56 Å². The highest BCUT2D eigenvalue weighted by Crippen LogP contribution is 2.24. The van der Waals surface area contributed by atoms with Crippen LogP contribution in [0.5, 0.6) is 0 Å². The third-order valence-electron chi connectivity index (χ3n) is 4.12. The molecule has 3 rings (SSSR count). The van der Waals surface area contributed by atoms with Gasteiger partial charge in [-0.3, -0.25) is 4.79 Å². The Morgan fingerprint density at radius 3 is 2.52 bits per heavy atom. The molecular formula is C18H18ClFN2O. The molecule has 0 bridgehead atoms. The van der Waals surface area contributed by atoms with Crippen molar-refractivity contribution in [2.24, 2.45) is 5.73 Å². The van der Waals surface area contributed by atoms with E-state index in [2.05, 4.69) is 0 Å². The molecule has 2 aromatic carbocycles. The van der Waals surface area contributed by atoms with Crippen LogP contribution in [0.2, 0.25) is 5.02 Å². The smallest absolute Gasteiger partial charge is 0.256 e. The van der Waals surface area contributed by atoms with E-state index >= 15 is 0 Å². The molecule has 1 saturated heterocycles. The molecule has 0 spiro atoms. The number of piperidine rings is 1. The Hall–Kier alpha value is -1.91. The lowest BCUT2D eigenvalue weighted by atomic mass is 10.0.